The topological polar surface area (TPSA) is 43.0 Å². The maximum Gasteiger partial charge on any atom is 0.161 e. The molecular weight excluding hydrogens is 388 g/mol. The van der Waals surface area contributed by atoms with Crippen molar-refractivity contribution in [3.63, 3.8) is 0 Å². The van der Waals surface area contributed by atoms with E-state index in [1.54, 1.807) is 7.11 Å². The maximum atomic E-state index is 6.48. The third kappa shape index (κ3) is 4.97. The molecule has 2 aromatic rings. The van der Waals surface area contributed by atoms with Gasteiger partial charge in [-0.1, -0.05) is 11.6 Å². The molecule has 1 N–H and O–H groups in total. The third-order valence-electron chi connectivity index (χ3n) is 5.18. The van der Waals surface area contributed by atoms with E-state index in [0.29, 0.717) is 13.2 Å². The van der Waals surface area contributed by atoms with Crippen molar-refractivity contribution in [2.24, 2.45) is 0 Å². The van der Waals surface area contributed by atoms with E-state index in [0.717, 1.165) is 52.9 Å². The molecule has 5 nitrogen and oxygen atoms in total. The van der Waals surface area contributed by atoms with E-state index >= 15 is 0 Å². The van der Waals surface area contributed by atoms with Crippen LogP contribution >= 0.6 is 11.6 Å². The van der Waals surface area contributed by atoms with Gasteiger partial charge in [-0.05, 0) is 75.3 Å². The fourth-order valence-corrected chi connectivity index (χ4v) is 3.80. The summed E-state index contributed by atoms with van der Waals surface area (Å²) in [5, 5.41) is 4.38. The van der Waals surface area contributed by atoms with Gasteiger partial charge in [-0.3, -0.25) is 0 Å². The Bertz CT molecular complexity index is 855. The number of rotatable bonds is 8. The minimum atomic E-state index is -0.0134. The van der Waals surface area contributed by atoms with E-state index in [2.05, 4.69) is 22.3 Å². The molecule has 0 saturated carbocycles. The highest BCUT2D eigenvalue weighted by atomic mass is 35.5. The Kier molecular flexibility index (Phi) is 7.28. The molecule has 29 heavy (non-hydrogen) atoms. The van der Waals surface area contributed by atoms with Gasteiger partial charge >= 0.3 is 0 Å². The van der Waals surface area contributed by atoms with Crippen LogP contribution in [0.2, 0.25) is 5.02 Å². The predicted octanol–water partition coefficient (Wildman–Crippen LogP) is 4.23. The van der Waals surface area contributed by atoms with Crippen LogP contribution < -0.4 is 19.5 Å². The Labute approximate surface area is 178 Å². The monoisotopic (exact) mass is 418 g/mol. The second-order valence-electron chi connectivity index (χ2n) is 7.56. The largest absolute Gasteiger partial charge is 0.494 e. The summed E-state index contributed by atoms with van der Waals surface area (Å²) in [5.74, 6) is 2.40. The summed E-state index contributed by atoms with van der Waals surface area (Å²) in [6, 6.07) is 8.23. The Morgan fingerprint density at radius 1 is 1.07 bits per heavy atom. The van der Waals surface area contributed by atoms with Crippen molar-refractivity contribution in [1.29, 1.82) is 0 Å². The molecule has 1 aliphatic heterocycles. The van der Waals surface area contributed by atoms with Gasteiger partial charge in [0.15, 0.2) is 11.5 Å². The van der Waals surface area contributed by atoms with Crippen LogP contribution in [-0.4, -0.2) is 52.4 Å². The number of hydrogen-bond acceptors (Lipinski definition) is 5. The summed E-state index contributed by atoms with van der Waals surface area (Å²) in [6.07, 6.45) is 0.934. The van der Waals surface area contributed by atoms with Crippen LogP contribution in [0.25, 0.3) is 0 Å². The molecule has 0 bridgehead atoms. The third-order valence-corrected chi connectivity index (χ3v) is 5.58. The average molecular weight is 419 g/mol. The van der Waals surface area contributed by atoms with Crippen LogP contribution in [0, 0.1) is 6.92 Å². The van der Waals surface area contributed by atoms with Crippen molar-refractivity contribution in [2.75, 3.05) is 47.5 Å². The SMILES string of the molecule is CCOc1cc(C)c(Cl)cc1C1NCCc2cc(OC)c(OCCN(C)C)cc21. The van der Waals surface area contributed by atoms with Crippen molar-refractivity contribution in [3.8, 4) is 17.2 Å². The maximum absolute atomic E-state index is 6.48. The molecule has 158 valence electrons. The summed E-state index contributed by atoms with van der Waals surface area (Å²) < 4.78 is 17.6. The standard InChI is InChI=1S/C23H31ClN2O3/c1-6-28-20-11-15(2)19(24)13-18(20)23-17-14-22(29-10-9-26(3)4)21(27-5)12-16(17)7-8-25-23/h11-14,23,25H,6-10H2,1-5H3. The van der Waals surface area contributed by atoms with Gasteiger partial charge in [0.05, 0.1) is 19.8 Å². The number of nitrogens with one attached hydrogen (secondary N) is 1. The van der Waals surface area contributed by atoms with Crippen LogP contribution in [-0.2, 0) is 6.42 Å². The molecule has 0 aromatic heterocycles. The first-order chi connectivity index (χ1) is 13.9. The van der Waals surface area contributed by atoms with Crippen LogP contribution in [0.15, 0.2) is 24.3 Å². The van der Waals surface area contributed by atoms with Gasteiger partial charge in [0.1, 0.15) is 12.4 Å². The predicted molar refractivity (Wildman–Crippen MR) is 118 cm³/mol. The fourth-order valence-electron chi connectivity index (χ4n) is 3.63. The molecule has 0 amide bonds. The molecule has 1 unspecified atom stereocenters. The van der Waals surface area contributed by atoms with Gasteiger partial charge in [-0.2, -0.15) is 0 Å². The molecule has 1 aliphatic rings. The number of halogens is 1. The molecule has 1 atom stereocenters. The van der Waals surface area contributed by atoms with Crippen LogP contribution in [0.4, 0.5) is 0 Å². The van der Waals surface area contributed by atoms with E-state index in [4.69, 9.17) is 25.8 Å². The van der Waals surface area contributed by atoms with E-state index in [1.165, 1.54) is 11.1 Å². The van der Waals surface area contributed by atoms with Gasteiger partial charge in [-0.25, -0.2) is 0 Å². The minimum Gasteiger partial charge on any atom is -0.494 e. The Balaban J connectivity index is 2.02. The van der Waals surface area contributed by atoms with Gasteiger partial charge < -0.3 is 24.4 Å². The second kappa shape index (κ2) is 9.70. The lowest BCUT2D eigenvalue weighted by molar-refractivity contribution is 0.250. The van der Waals surface area contributed by atoms with Crippen LogP contribution in [0.3, 0.4) is 0 Å². The number of benzene rings is 2. The highest BCUT2D eigenvalue weighted by Crippen LogP contribution is 2.41. The lowest BCUT2D eigenvalue weighted by atomic mass is 9.88. The molecule has 2 aromatic carbocycles. The summed E-state index contributed by atoms with van der Waals surface area (Å²) in [5.41, 5.74) is 4.49. The summed E-state index contributed by atoms with van der Waals surface area (Å²) in [7, 11) is 5.75. The van der Waals surface area contributed by atoms with Crippen LogP contribution in [0.5, 0.6) is 17.2 Å². The van der Waals surface area contributed by atoms with Gasteiger partial charge in [-0.15, -0.1) is 0 Å². The van der Waals surface area contributed by atoms with Crippen molar-refractivity contribution >= 4 is 11.6 Å². The molecule has 0 spiro atoms. The molecule has 1 heterocycles. The molecule has 0 aliphatic carbocycles. The van der Waals surface area contributed by atoms with Crippen LogP contribution in [0.1, 0.15) is 35.2 Å². The van der Waals surface area contributed by atoms with Gasteiger partial charge in [0.25, 0.3) is 0 Å². The number of hydrogen-bond donors (Lipinski definition) is 1. The lowest BCUT2D eigenvalue weighted by Gasteiger charge is -2.30. The average Bonchev–Trinajstić information content (AvgIpc) is 2.69. The van der Waals surface area contributed by atoms with Crippen molar-refractivity contribution in [3.05, 3.63) is 51.5 Å². The van der Waals surface area contributed by atoms with Crippen molar-refractivity contribution < 1.29 is 14.2 Å². The highest BCUT2D eigenvalue weighted by Gasteiger charge is 2.27. The smallest absolute Gasteiger partial charge is 0.161 e. The summed E-state index contributed by atoms with van der Waals surface area (Å²) in [4.78, 5) is 2.10. The first-order valence-corrected chi connectivity index (χ1v) is 10.5. The fraction of sp³-hybridized carbons (Fsp3) is 0.478. The van der Waals surface area contributed by atoms with Gasteiger partial charge in [0, 0.05) is 23.7 Å². The van der Waals surface area contributed by atoms with Gasteiger partial charge in [0.2, 0.25) is 0 Å². The first kappa shape index (κ1) is 21.8. The summed E-state index contributed by atoms with van der Waals surface area (Å²) >= 11 is 6.48. The van der Waals surface area contributed by atoms with Crippen molar-refractivity contribution in [1.82, 2.24) is 10.2 Å². The second-order valence-corrected chi connectivity index (χ2v) is 7.97. The number of methoxy groups -OCH3 is 1. The quantitative estimate of drug-likeness (QED) is 0.694. The zero-order valence-corrected chi connectivity index (χ0v) is 18.7. The molecule has 0 radical (unpaired) electrons. The Hall–Kier alpha value is -1.95. The van der Waals surface area contributed by atoms with E-state index in [1.807, 2.05) is 40.1 Å². The highest BCUT2D eigenvalue weighted by molar-refractivity contribution is 6.31. The number of likely N-dealkylation sites (N-methyl/N-ethyl adjacent to an activating group) is 1. The molecule has 6 heteroatoms. The number of nitrogens with zero attached hydrogens (tertiary/aromatic N) is 1. The Morgan fingerprint density at radius 3 is 2.55 bits per heavy atom. The molecule has 3 rings (SSSR count). The zero-order valence-electron chi connectivity index (χ0n) is 18.0. The number of aryl methyl sites for hydroxylation is 1. The normalized spacial score (nSPS) is 15.9. The first-order valence-electron chi connectivity index (χ1n) is 10.1. The van der Waals surface area contributed by atoms with E-state index in [-0.39, 0.29) is 6.04 Å². The van der Waals surface area contributed by atoms with E-state index in [9.17, 15) is 0 Å². The Morgan fingerprint density at radius 2 is 1.86 bits per heavy atom. The number of fused-ring (bicyclic) bond motifs is 1. The molecule has 0 saturated heterocycles. The molecule has 0 fully saturated rings. The number of ether oxygens (including phenoxy) is 3. The van der Waals surface area contributed by atoms with E-state index < -0.39 is 0 Å². The zero-order chi connectivity index (χ0) is 21.0. The molecular formula is C23H31ClN2O3. The summed E-state index contributed by atoms with van der Waals surface area (Å²) in [6.45, 7) is 6.91. The van der Waals surface area contributed by atoms with Crippen molar-refractivity contribution in [2.45, 2.75) is 26.3 Å². The minimum absolute atomic E-state index is 0.0134. The lowest BCUT2D eigenvalue weighted by Crippen LogP contribution is -2.31.